The molecule has 0 saturated heterocycles. The van der Waals surface area contributed by atoms with Crippen LogP contribution in [0, 0.1) is 12.3 Å². The van der Waals surface area contributed by atoms with E-state index in [1.807, 2.05) is 52.9 Å². The number of nitrogens with one attached hydrogen (secondary N) is 1. The van der Waals surface area contributed by atoms with E-state index in [4.69, 9.17) is 22.3 Å². The van der Waals surface area contributed by atoms with Crippen LogP contribution in [0.2, 0.25) is 5.02 Å². The molecule has 2 aromatic rings. The van der Waals surface area contributed by atoms with Crippen LogP contribution in [0.15, 0.2) is 18.2 Å². The number of rotatable bonds is 4. The van der Waals surface area contributed by atoms with Crippen molar-refractivity contribution >= 4 is 23.4 Å². The summed E-state index contributed by atoms with van der Waals surface area (Å²) in [6.45, 7) is 9.79. The third kappa shape index (κ3) is 4.52. The molecule has 0 bridgehead atoms. The summed E-state index contributed by atoms with van der Waals surface area (Å²) in [5.41, 5.74) is 8.01. The van der Waals surface area contributed by atoms with E-state index in [0.717, 1.165) is 36.3 Å². The van der Waals surface area contributed by atoms with Gasteiger partial charge in [-0.1, -0.05) is 38.4 Å². The van der Waals surface area contributed by atoms with Crippen LogP contribution in [0.1, 0.15) is 48.9 Å². The average molecular weight is 432 g/mol. The van der Waals surface area contributed by atoms with Gasteiger partial charge in [0.05, 0.1) is 10.7 Å². The lowest BCUT2D eigenvalue weighted by Crippen LogP contribution is -2.52. The highest BCUT2D eigenvalue weighted by Gasteiger charge is 2.34. The Morgan fingerprint density at radius 1 is 1.27 bits per heavy atom. The average Bonchev–Trinajstić information content (AvgIpc) is 2.84. The van der Waals surface area contributed by atoms with Crippen LogP contribution >= 0.6 is 11.6 Å². The van der Waals surface area contributed by atoms with Crippen LogP contribution in [0.3, 0.4) is 0 Å². The molecule has 0 fully saturated rings. The second-order valence-electron chi connectivity index (χ2n) is 9.13. The van der Waals surface area contributed by atoms with Crippen molar-refractivity contribution in [2.24, 2.45) is 11.1 Å². The molecule has 30 heavy (non-hydrogen) atoms. The molecule has 3 rings (SSSR count). The molecule has 0 saturated carbocycles. The number of amides is 2. The van der Waals surface area contributed by atoms with Crippen molar-refractivity contribution < 1.29 is 9.59 Å². The molecule has 2 heterocycles. The first-order chi connectivity index (χ1) is 14.0. The zero-order chi connectivity index (χ0) is 22.2. The predicted molar refractivity (Wildman–Crippen MR) is 118 cm³/mol. The van der Waals surface area contributed by atoms with Gasteiger partial charge >= 0.3 is 0 Å². The van der Waals surface area contributed by atoms with Gasteiger partial charge in [-0.05, 0) is 50.0 Å². The van der Waals surface area contributed by atoms with Gasteiger partial charge in [-0.3, -0.25) is 9.59 Å². The number of imidazole rings is 1. The Morgan fingerprint density at radius 2 is 1.97 bits per heavy atom. The third-order valence-electron chi connectivity index (χ3n) is 5.42. The fraction of sp³-hybridized carbons (Fsp3) is 0.500. The van der Waals surface area contributed by atoms with E-state index in [2.05, 4.69) is 14.8 Å². The molecule has 162 valence electrons. The van der Waals surface area contributed by atoms with Gasteiger partial charge in [-0.25, -0.2) is 4.98 Å². The Hall–Kier alpha value is -2.38. The fourth-order valence-electron chi connectivity index (χ4n) is 3.82. The molecular formula is C22H30ClN5O2. The van der Waals surface area contributed by atoms with Crippen LogP contribution in [-0.4, -0.2) is 45.9 Å². The van der Waals surface area contributed by atoms with E-state index in [1.165, 1.54) is 0 Å². The molecule has 1 aromatic carbocycles. The quantitative estimate of drug-likeness (QED) is 0.778. The second-order valence-corrected chi connectivity index (χ2v) is 9.54. The highest BCUT2D eigenvalue weighted by Crippen LogP contribution is 2.32. The molecular weight excluding hydrogens is 402 g/mol. The zero-order valence-electron chi connectivity index (χ0n) is 18.3. The molecule has 0 spiro atoms. The number of primary amides is 1. The first-order valence-corrected chi connectivity index (χ1v) is 10.5. The molecule has 1 aromatic heterocycles. The first kappa shape index (κ1) is 22.3. The van der Waals surface area contributed by atoms with Crippen molar-refractivity contribution in [1.29, 1.82) is 0 Å². The fourth-order valence-corrected chi connectivity index (χ4v) is 4.14. The number of fused-ring (bicyclic) bond motifs is 1. The Labute approximate surface area is 182 Å². The lowest BCUT2D eigenvalue weighted by Gasteiger charge is -2.28. The van der Waals surface area contributed by atoms with E-state index in [1.54, 1.807) is 0 Å². The Balaban J connectivity index is 2.09. The number of nitrogens with zero attached hydrogens (tertiary/aromatic N) is 3. The van der Waals surface area contributed by atoms with Gasteiger partial charge in [0.15, 0.2) is 5.69 Å². The van der Waals surface area contributed by atoms with E-state index >= 15 is 0 Å². The summed E-state index contributed by atoms with van der Waals surface area (Å²) in [5.74, 6) is -0.302. The van der Waals surface area contributed by atoms with Crippen LogP contribution in [0.5, 0.6) is 0 Å². The van der Waals surface area contributed by atoms with Crippen molar-refractivity contribution in [3.63, 3.8) is 0 Å². The Kier molecular flexibility index (Phi) is 6.24. The standard InChI is InChI=1S/C22H30ClN5O2/c1-13-7-8-14(15(23)11-13)20-25-17(16-12-27(5)9-6-10-28(16)20)21(30)26-18(19(24)29)22(2,3)4/h7-8,11,18H,6,9-10,12H2,1-5H3,(H2,24,29)(H,26,30)/t18-/m1/s1. The minimum Gasteiger partial charge on any atom is -0.368 e. The number of aryl methyl sites for hydroxylation is 1. The predicted octanol–water partition coefficient (Wildman–Crippen LogP) is 2.98. The summed E-state index contributed by atoms with van der Waals surface area (Å²) < 4.78 is 2.07. The van der Waals surface area contributed by atoms with Crippen LogP contribution in [-0.2, 0) is 17.9 Å². The molecule has 1 aliphatic heterocycles. The minimum atomic E-state index is -0.808. The molecule has 0 unspecified atom stereocenters. The maximum absolute atomic E-state index is 13.2. The third-order valence-corrected chi connectivity index (χ3v) is 5.73. The summed E-state index contributed by atoms with van der Waals surface area (Å²) in [7, 11) is 2.02. The van der Waals surface area contributed by atoms with E-state index < -0.39 is 23.3 Å². The van der Waals surface area contributed by atoms with Crippen molar-refractivity contribution in [2.45, 2.75) is 53.2 Å². The van der Waals surface area contributed by atoms with Crippen LogP contribution in [0.25, 0.3) is 11.4 Å². The van der Waals surface area contributed by atoms with Gasteiger partial charge in [-0.15, -0.1) is 0 Å². The largest absolute Gasteiger partial charge is 0.368 e. The van der Waals surface area contributed by atoms with Gasteiger partial charge in [0.1, 0.15) is 11.9 Å². The number of hydrogen-bond acceptors (Lipinski definition) is 4. The van der Waals surface area contributed by atoms with E-state index in [-0.39, 0.29) is 0 Å². The van der Waals surface area contributed by atoms with Crippen molar-refractivity contribution in [3.05, 3.63) is 40.2 Å². The van der Waals surface area contributed by atoms with Crippen molar-refractivity contribution in [1.82, 2.24) is 19.8 Å². The monoisotopic (exact) mass is 431 g/mol. The lowest BCUT2D eigenvalue weighted by molar-refractivity contribution is -0.122. The maximum atomic E-state index is 13.2. The van der Waals surface area contributed by atoms with Gasteiger partial charge in [0.25, 0.3) is 5.91 Å². The van der Waals surface area contributed by atoms with Gasteiger partial charge in [-0.2, -0.15) is 0 Å². The number of benzene rings is 1. The van der Waals surface area contributed by atoms with E-state index in [9.17, 15) is 9.59 Å². The van der Waals surface area contributed by atoms with Gasteiger partial charge in [0, 0.05) is 18.7 Å². The topological polar surface area (TPSA) is 93.3 Å². The molecule has 1 aliphatic rings. The number of carbonyl (C=O) groups is 2. The SMILES string of the molecule is Cc1ccc(-c2nc(C(=O)N[C@H](C(N)=O)C(C)(C)C)c3n2CCCN(C)C3)c(Cl)c1. The lowest BCUT2D eigenvalue weighted by atomic mass is 9.86. The summed E-state index contributed by atoms with van der Waals surface area (Å²) >= 11 is 6.53. The zero-order valence-corrected chi connectivity index (χ0v) is 19.0. The summed E-state index contributed by atoms with van der Waals surface area (Å²) in [6, 6.07) is 5.00. The molecule has 2 amide bonds. The molecule has 8 heteroatoms. The molecule has 3 N–H and O–H groups in total. The number of hydrogen-bond donors (Lipinski definition) is 2. The number of carbonyl (C=O) groups excluding carboxylic acids is 2. The number of nitrogens with two attached hydrogens (primary N) is 1. The van der Waals surface area contributed by atoms with Crippen LogP contribution < -0.4 is 11.1 Å². The summed E-state index contributed by atoms with van der Waals surface area (Å²) in [4.78, 5) is 32.1. The molecule has 0 radical (unpaired) electrons. The van der Waals surface area contributed by atoms with Crippen molar-refractivity contribution in [3.8, 4) is 11.4 Å². The number of halogens is 1. The Morgan fingerprint density at radius 3 is 2.57 bits per heavy atom. The van der Waals surface area contributed by atoms with Crippen LogP contribution in [0.4, 0.5) is 0 Å². The minimum absolute atomic E-state index is 0.311. The smallest absolute Gasteiger partial charge is 0.272 e. The van der Waals surface area contributed by atoms with E-state index in [0.29, 0.717) is 23.1 Å². The normalized spacial score (nSPS) is 15.9. The first-order valence-electron chi connectivity index (χ1n) is 10.1. The highest BCUT2D eigenvalue weighted by molar-refractivity contribution is 6.33. The molecule has 7 nitrogen and oxygen atoms in total. The second kappa shape index (κ2) is 8.40. The summed E-state index contributed by atoms with van der Waals surface area (Å²) in [6.07, 6.45) is 0.934. The highest BCUT2D eigenvalue weighted by atomic mass is 35.5. The summed E-state index contributed by atoms with van der Waals surface area (Å²) in [5, 5.41) is 3.40. The molecule has 0 aliphatic carbocycles. The number of aromatic nitrogens is 2. The van der Waals surface area contributed by atoms with Crippen molar-refractivity contribution in [2.75, 3.05) is 13.6 Å². The Bertz CT molecular complexity index is 977. The maximum Gasteiger partial charge on any atom is 0.272 e. The molecule has 1 atom stereocenters. The van der Waals surface area contributed by atoms with Gasteiger partial charge in [0.2, 0.25) is 5.91 Å². The van der Waals surface area contributed by atoms with Gasteiger partial charge < -0.3 is 20.5 Å².